The number of aromatic nitrogens is 1. The fourth-order valence-electron chi connectivity index (χ4n) is 9.19. The van der Waals surface area contributed by atoms with Crippen molar-refractivity contribution in [3.8, 4) is 6.07 Å². The van der Waals surface area contributed by atoms with Gasteiger partial charge in [0.05, 0.1) is 11.6 Å². The zero-order valence-electron chi connectivity index (χ0n) is 44.3. The maximum atomic E-state index is 15.1. The summed E-state index contributed by atoms with van der Waals surface area (Å²) >= 11 is 0. The number of ether oxygens (including phenoxy) is 1. The Morgan fingerprint density at radius 3 is 1.69 bits per heavy atom. The monoisotopic (exact) mass is 977 g/mol. The standard InChI is InChI=1S/C53H84N8O9/c1-14-16-21-35(7)29-41-50(65)58(10)37(9)53(68)70-46(25-20-26-54)49(64)57-42(30-36(8)22-17-15-2)52(67)59(11)44(28-34(5)6)47(62)55-40(27-33(3)4)51(66)60(12)45(48(63)56-41)31-38-32-61(69-13)43-24-19-18-23-39(38)43/h18-19,23-24,32-37,40-42,44-46H,14-17,20-22,25,27-31H2,1-13H3,(H,55,62)(H,56,63)(H,57,64)/t35-,36-,37+,40+,41+,42+,44+,45+,46-/m1/s1. The van der Waals surface area contributed by atoms with Crippen molar-refractivity contribution >= 4 is 52.3 Å². The Bertz CT molecular complexity index is 2120. The van der Waals surface area contributed by atoms with Gasteiger partial charge in [0.2, 0.25) is 29.5 Å². The van der Waals surface area contributed by atoms with Gasteiger partial charge >= 0.3 is 5.97 Å². The van der Waals surface area contributed by atoms with Gasteiger partial charge in [0, 0.05) is 52.0 Å². The van der Waals surface area contributed by atoms with Crippen LogP contribution in [-0.4, -0.2) is 131 Å². The number of benzene rings is 1. The van der Waals surface area contributed by atoms with E-state index in [1.165, 1.54) is 49.9 Å². The molecule has 17 nitrogen and oxygen atoms in total. The summed E-state index contributed by atoms with van der Waals surface area (Å²) in [6, 6.07) is 2.50. The number of nitrogens with one attached hydrogen (secondary N) is 3. The molecule has 17 heteroatoms. The summed E-state index contributed by atoms with van der Waals surface area (Å²) in [4.78, 5) is 112. The number of rotatable bonds is 19. The topological polar surface area (TPSA) is 212 Å². The number of unbranched alkanes of at least 4 members (excludes halogenated alkanes) is 2. The molecule has 390 valence electrons. The van der Waals surface area contributed by atoms with Crippen LogP contribution in [0, 0.1) is 35.0 Å². The van der Waals surface area contributed by atoms with Crippen LogP contribution in [0.25, 0.3) is 10.9 Å². The number of hydrogen-bond donors (Lipinski definition) is 3. The minimum absolute atomic E-state index is 0.00540. The normalized spacial score (nSPS) is 23.9. The molecule has 1 aromatic heterocycles. The maximum absolute atomic E-state index is 15.1. The highest BCUT2D eigenvalue weighted by Gasteiger charge is 2.41. The van der Waals surface area contributed by atoms with E-state index in [4.69, 9.17) is 9.57 Å². The Morgan fingerprint density at radius 2 is 1.17 bits per heavy atom. The second kappa shape index (κ2) is 28.3. The van der Waals surface area contributed by atoms with Crippen molar-refractivity contribution in [2.75, 3.05) is 28.3 Å². The number of amides is 6. The molecular formula is C53H84N8O9. The van der Waals surface area contributed by atoms with Gasteiger partial charge in [-0.3, -0.25) is 28.8 Å². The number of nitrogens with zero attached hydrogens (tertiary/aromatic N) is 5. The molecule has 1 fully saturated rings. The van der Waals surface area contributed by atoms with Gasteiger partial charge in [-0.2, -0.15) is 9.99 Å². The highest BCUT2D eigenvalue weighted by molar-refractivity contribution is 5.98. The van der Waals surface area contributed by atoms with Crippen LogP contribution < -0.4 is 20.8 Å². The Hall–Kier alpha value is -5.66. The molecule has 2 aromatic rings. The van der Waals surface area contributed by atoms with E-state index in [2.05, 4.69) is 29.8 Å². The lowest BCUT2D eigenvalue weighted by Crippen LogP contribution is -2.60. The van der Waals surface area contributed by atoms with Crippen molar-refractivity contribution < 1.29 is 43.1 Å². The van der Waals surface area contributed by atoms with Gasteiger partial charge in [0.25, 0.3) is 5.91 Å². The number of carbonyl (C=O) groups is 7. The van der Waals surface area contributed by atoms with Gasteiger partial charge in [0.15, 0.2) is 6.10 Å². The average Bonchev–Trinajstić information content (AvgIpc) is 3.68. The highest BCUT2D eigenvalue weighted by atomic mass is 16.6. The van der Waals surface area contributed by atoms with Crippen molar-refractivity contribution in [3.05, 3.63) is 36.0 Å². The number of cyclic esters (lactones) is 1. The molecule has 0 aliphatic carbocycles. The van der Waals surface area contributed by atoms with E-state index >= 15 is 9.59 Å². The van der Waals surface area contributed by atoms with E-state index in [0.29, 0.717) is 5.56 Å². The molecule has 3 N–H and O–H groups in total. The summed E-state index contributed by atoms with van der Waals surface area (Å²) in [6.07, 6.45) is 5.86. The van der Waals surface area contributed by atoms with Crippen molar-refractivity contribution in [1.82, 2.24) is 35.4 Å². The average molecular weight is 977 g/mol. The van der Waals surface area contributed by atoms with E-state index in [0.717, 1.165) is 49.4 Å². The van der Waals surface area contributed by atoms with Crippen LogP contribution in [0.1, 0.15) is 145 Å². The Balaban J connectivity index is 2.33. The summed E-state index contributed by atoms with van der Waals surface area (Å²) in [5, 5.41) is 19.2. The number of hydrogen-bond acceptors (Lipinski definition) is 10. The van der Waals surface area contributed by atoms with Crippen LogP contribution in [0.2, 0.25) is 0 Å². The number of esters is 1. The molecule has 1 aromatic carbocycles. The summed E-state index contributed by atoms with van der Waals surface area (Å²) in [7, 11) is 5.96. The van der Waals surface area contributed by atoms with Crippen LogP contribution in [-0.2, 0) is 44.7 Å². The molecule has 0 saturated carbocycles. The van der Waals surface area contributed by atoms with Crippen molar-refractivity contribution in [3.63, 3.8) is 0 Å². The van der Waals surface area contributed by atoms with Crippen LogP contribution in [0.5, 0.6) is 0 Å². The predicted octanol–water partition coefficient (Wildman–Crippen LogP) is 5.95. The lowest BCUT2D eigenvalue weighted by molar-refractivity contribution is -0.163. The first-order valence-electron chi connectivity index (χ1n) is 25.5. The summed E-state index contributed by atoms with van der Waals surface area (Å²) in [5.41, 5.74) is 1.42. The van der Waals surface area contributed by atoms with Gasteiger partial charge in [-0.25, -0.2) is 4.79 Å². The van der Waals surface area contributed by atoms with E-state index in [-0.39, 0.29) is 68.6 Å². The maximum Gasteiger partial charge on any atom is 0.329 e. The molecule has 2 heterocycles. The number of carbonyl (C=O) groups excluding carboxylic acids is 7. The molecule has 6 amide bonds. The molecule has 1 saturated heterocycles. The van der Waals surface area contributed by atoms with E-state index < -0.39 is 83.8 Å². The molecule has 1 aliphatic heterocycles. The summed E-state index contributed by atoms with van der Waals surface area (Å²) in [6.45, 7) is 17.2. The first-order chi connectivity index (χ1) is 33.1. The molecule has 0 unspecified atom stereocenters. The van der Waals surface area contributed by atoms with Crippen LogP contribution in [0.15, 0.2) is 30.5 Å². The van der Waals surface area contributed by atoms with Crippen LogP contribution in [0.3, 0.4) is 0 Å². The van der Waals surface area contributed by atoms with Crippen molar-refractivity contribution in [2.45, 2.75) is 188 Å². The third-order valence-electron chi connectivity index (χ3n) is 13.6. The molecule has 0 radical (unpaired) electrons. The zero-order valence-corrected chi connectivity index (χ0v) is 44.3. The molecule has 0 spiro atoms. The first-order valence-corrected chi connectivity index (χ1v) is 25.5. The number of fused-ring (bicyclic) bond motifs is 1. The van der Waals surface area contributed by atoms with E-state index in [9.17, 15) is 29.2 Å². The molecule has 3 rings (SSSR count). The molecule has 70 heavy (non-hydrogen) atoms. The predicted molar refractivity (Wildman–Crippen MR) is 270 cm³/mol. The van der Waals surface area contributed by atoms with Gasteiger partial charge in [0.1, 0.15) is 43.4 Å². The Kier molecular flexibility index (Phi) is 23.7. The fourth-order valence-corrected chi connectivity index (χ4v) is 9.19. The van der Waals surface area contributed by atoms with Crippen molar-refractivity contribution in [2.24, 2.45) is 23.7 Å². The summed E-state index contributed by atoms with van der Waals surface area (Å²) < 4.78 is 7.40. The van der Waals surface area contributed by atoms with Crippen LogP contribution >= 0.6 is 0 Å². The third kappa shape index (κ3) is 16.5. The minimum Gasteiger partial charge on any atom is -0.451 e. The molecule has 0 bridgehead atoms. The zero-order chi connectivity index (χ0) is 52.4. The lowest BCUT2D eigenvalue weighted by atomic mass is 9.94. The molecular weight excluding hydrogens is 893 g/mol. The molecule has 9 atom stereocenters. The molecule has 1 aliphatic rings. The largest absolute Gasteiger partial charge is 0.451 e. The third-order valence-corrected chi connectivity index (χ3v) is 13.6. The van der Waals surface area contributed by atoms with E-state index in [1.54, 1.807) is 10.9 Å². The minimum atomic E-state index is -1.50. The van der Waals surface area contributed by atoms with Crippen LogP contribution in [0.4, 0.5) is 0 Å². The second-order valence-electron chi connectivity index (χ2n) is 20.5. The quantitative estimate of drug-likeness (QED) is 0.141. The van der Waals surface area contributed by atoms with Gasteiger partial charge in [-0.05, 0) is 67.9 Å². The number of likely N-dealkylation sites (N-methyl/N-ethyl adjacent to an activating group) is 3. The number of para-hydroxylation sites is 1. The Labute approximate surface area is 417 Å². The second-order valence-corrected chi connectivity index (χ2v) is 20.5. The summed E-state index contributed by atoms with van der Waals surface area (Å²) in [5.74, 6) is -4.90. The lowest BCUT2D eigenvalue weighted by Gasteiger charge is -2.35. The number of nitriles is 1. The fraction of sp³-hybridized carbons (Fsp3) is 0.698. The van der Waals surface area contributed by atoms with E-state index in [1.807, 2.05) is 71.9 Å². The van der Waals surface area contributed by atoms with Gasteiger partial charge in [-0.1, -0.05) is 112 Å². The van der Waals surface area contributed by atoms with Gasteiger partial charge < -0.3 is 40.2 Å². The first kappa shape index (κ1) is 58.7. The Morgan fingerprint density at radius 1 is 0.686 bits per heavy atom. The highest BCUT2D eigenvalue weighted by Crippen LogP contribution is 2.26. The van der Waals surface area contributed by atoms with Crippen molar-refractivity contribution in [1.29, 1.82) is 5.26 Å². The smallest absolute Gasteiger partial charge is 0.329 e. The SMILES string of the molecule is CCCC[C@@H](C)C[C@@H]1NC(=O)[C@H](Cc2cn(OC)c3ccccc23)N(C)C(=O)[C@H](CC(C)C)NC(=O)[C@H](CC(C)C)N(C)C(=O)[C@H](C[C@H](C)CCCC)NC(=O)[C@@H](CCC#N)OC(=O)[C@H](C)N(C)C1=O. The van der Waals surface area contributed by atoms with Gasteiger partial charge in [-0.15, -0.1) is 0 Å².